The topological polar surface area (TPSA) is 33.6 Å². The highest BCUT2D eigenvalue weighted by molar-refractivity contribution is 5.77. The molecule has 4 rings (SSSR count). The van der Waals surface area contributed by atoms with Crippen LogP contribution in [0.25, 0.3) is 16.7 Å². The third kappa shape index (κ3) is 1.39. The van der Waals surface area contributed by atoms with Gasteiger partial charge in [0.15, 0.2) is 0 Å². The number of rotatable bonds is 2. The number of nitrogens with one attached hydrogen (secondary N) is 1. The average molecular weight is 223 g/mol. The number of nitrogens with zero attached hydrogens (tertiary/aromatic N) is 2. The highest BCUT2D eigenvalue weighted by Crippen LogP contribution is 2.41. The first-order valence-corrected chi connectivity index (χ1v) is 6.02. The lowest BCUT2D eigenvalue weighted by Crippen LogP contribution is -1.96. The van der Waals surface area contributed by atoms with Gasteiger partial charge >= 0.3 is 0 Å². The summed E-state index contributed by atoms with van der Waals surface area (Å²) in [4.78, 5) is 7.41. The van der Waals surface area contributed by atoms with Gasteiger partial charge in [0, 0.05) is 17.6 Å². The van der Waals surface area contributed by atoms with Crippen molar-refractivity contribution in [3.05, 3.63) is 48.5 Å². The van der Waals surface area contributed by atoms with Crippen molar-refractivity contribution < 1.29 is 0 Å². The summed E-state index contributed by atoms with van der Waals surface area (Å²) in [5, 5.41) is 0. The second-order valence-corrected chi connectivity index (χ2v) is 4.68. The minimum atomic E-state index is 0.766. The van der Waals surface area contributed by atoms with Crippen LogP contribution >= 0.6 is 0 Å². The van der Waals surface area contributed by atoms with E-state index in [9.17, 15) is 0 Å². The van der Waals surface area contributed by atoms with Gasteiger partial charge in [-0.25, -0.2) is 4.98 Å². The molecule has 0 unspecified atom stereocenters. The van der Waals surface area contributed by atoms with Gasteiger partial charge in [0.05, 0.1) is 17.4 Å². The smallest absolute Gasteiger partial charge is 0.0931 e. The van der Waals surface area contributed by atoms with Gasteiger partial charge in [-0.1, -0.05) is 0 Å². The molecular formula is C14H13N3. The number of hydrogen-bond acceptors (Lipinski definition) is 1. The summed E-state index contributed by atoms with van der Waals surface area (Å²) in [5.74, 6) is 0.766. The summed E-state index contributed by atoms with van der Waals surface area (Å²) >= 11 is 0. The Morgan fingerprint density at radius 3 is 3.06 bits per heavy atom. The Kier molecular flexibility index (Phi) is 1.72. The molecule has 2 heterocycles. The van der Waals surface area contributed by atoms with Gasteiger partial charge in [-0.2, -0.15) is 0 Å². The summed E-state index contributed by atoms with van der Waals surface area (Å²) in [7, 11) is 0. The van der Waals surface area contributed by atoms with E-state index in [2.05, 4.69) is 51.1 Å². The van der Waals surface area contributed by atoms with Crippen molar-refractivity contribution in [2.75, 3.05) is 0 Å². The van der Waals surface area contributed by atoms with Crippen molar-refractivity contribution in [2.24, 2.45) is 0 Å². The Bertz CT molecular complexity index is 673. The Hall–Kier alpha value is -2.03. The van der Waals surface area contributed by atoms with Gasteiger partial charge in [0.25, 0.3) is 0 Å². The molecule has 0 aliphatic heterocycles. The lowest BCUT2D eigenvalue weighted by Gasteiger charge is -2.08. The van der Waals surface area contributed by atoms with E-state index in [1.807, 2.05) is 0 Å². The van der Waals surface area contributed by atoms with E-state index in [4.69, 9.17) is 0 Å². The van der Waals surface area contributed by atoms with Crippen LogP contribution in [0.3, 0.4) is 0 Å². The number of benzene rings is 1. The van der Waals surface area contributed by atoms with E-state index in [-0.39, 0.29) is 0 Å². The van der Waals surface area contributed by atoms with Gasteiger partial charge in [-0.05, 0) is 49.1 Å². The number of imidazole rings is 1. The molecule has 0 saturated heterocycles. The van der Waals surface area contributed by atoms with Crippen LogP contribution < -0.4 is 0 Å². The maximum absolute atomic E-state index is 4.25. The van der Waals surface area contributed by atoms with Crippen LogP contribution in [0.15, 0.2) is 42.9 Å². The highest BCUT2D eigenvalue weighted by Gasteiger charge is 2.26. The number of aromatic nitrogens is 3. The molecule has 84 valence electrons. The van der Waals surface area contributed by atoms with Crippen molar-refractivity contribution in [3.8, 4) is 5.69 Å². The fraction of sp³-hybridized carbons (Fsp3) is 0.214. The Labute approximate surface area is 99.1 Å². The van der Waals surface area contributed by atoms with Crippen LogP contribution in [0, 0.1) is 0 Å². The minimum absolute atomic E-state index is 0.766. The predicted octanol–water partition coefficient (Wildman–Crippen LogP) is 3.23. The Morgan fingerprint density at radius 1 is 1.24 bits per heavy atom. The van der Waals surface area contributed by atoms with Crippen LogP contribution in [0.1, 0.15) is 24.5 Å². The molecule has 1 aliphatic carbocycles. The van der Waals surface area contributed by atoms with Crippen molar-refractivity contribution in [1.29, 1.82) is 0 Å². The zero-order valence-electron chi connectivity index (χ0n) is 9.43. The molecule has 0 atom stereocenters. The summed E-state index contributed by atoms with van der Waals surface area (Å²) in [5.41, 5.74) is 4.77. The van der Waals surface area contributed by atoms with E-state index in [1.165, 1.54) is 24.2 Å². The maximum Gasteiger partial charge on any atom is 0.0931 e. The van der Waals surface area contributed by atoms with Gasteiger partial charge < -0.3 is 9.55 Å². The zero-order valence-corrected chi connectivity index (χ0v) is 9.43. The molecule has 1 aromatic carbocycles. The second kappa shape index (κ2) is 3.23. The largest absolute Gasteiger partial charge is 0.345 e. The van der Waals surface area contributed by atoms with Gasteiger partial charge in [0.1, 0.15) is 0 Å². The molecule has 0 bridgehead atoms. The molecule has 3 nitrogen and oxygen atoms in total. The van der Waals surface area contributed by atoms with E-state index in [0.717, 1.165) is 17.0 Å². The Morgan fingerprint density at radius 2 is 2.18 bits per heavy atom. The summed E-state index contributed by atoms with van der Waals surface area (Å²) in [6, 6.07) is 10.7. The van der Waals surface area contributed by atoms with Gasteiger partial charge in [0.2, 0.25) is 0 Å². The number of H-pyrrole nitrogens is 1. The first kappa shape index (κ1) is 9.05. The lowest BCUT2D eigenvalue weighted by atomic mass is 10.2. The molecule has 1 fully saturated rings. The predicted molar refractivity (Wildman–Crippen MR) is 67.4 cm³/mol. The SMILES string of the molecule is c1cc(C2CC2)n(-c2ccc3nc[nH]c3c2)c1. The monoisotopic (exact) mass is 223 g/mol. The van der Waals surface area contributed by atoms with Crippen molar-refractivity contribution in [1.82, 2.24) is 14.5 Å². The zero-order chi connectivity index (χ0) is 11.2. The molecule has 1 N–H and O–H groups in total. The minimum Gasteiger partial charge on any atom is -0.345 e. The molecule has 2 aromatic heterocycles. The summed E-state index contributed by atoms with van der Waals surface area (Å²) < 4.78 is 2.29. The van der Waals surface area contributed by atoms with E-state index in [1.54, 1.807) is 6.33 Å². The Balaban J connectivity index is 1.88. The van der Waals surface area contributed by atoms with Gasteiger partial charge in [-0.15, -0.1) is 0 Å². The summed E-state index contributed by atoms with van der Waals surface area (Å²) in [6.07, 6.45) is 6.55. The maximum atomic E-state index is 4.25. The number of aromatic amines is 1. The highest BCUT2D eigenvalue weighted by atomic mass is 15.0. The molecule has 3 heteroatoms. The fourth-order valence-corrected chi connectivity index (χ4v) is 2.41. The van der Waals surface area contributed by atoms with Gasteiger partial charge in [-0.3, -0.25) is 0 Å². The first-order valence-electron chi connectivity index (χ1n) is 6.02. The normalized spacial score (nSPS) is 15.5. The molecular weight excluding hydrogens is 210 g/mol. The van der Waals surface area contributed by atoms with Crippen LogP contribution in [0.4, 0.5) is 0 Å². The average Bonchev–Trinajstić information content (AvgIpc) is 2.93. The third-order valence-corrected chi connectivity index (χ3v) is 3.46. The van der Waals surface area contributed by atoms with Crippen LogP contribution in [-0.4, -0.2) is 14.5 Å². The fourth-order valence-electron chi connectivity index (χ4n) is 2.41. The van der Waals surface area contributed by atoms with Crippen LogP contribution in [0.5, 0.6) is 0 Å². The summed E-state index contributed by atoms with van der Waals surface area (Å²) in [6.45, 7) is 0. The lowest BCUT2D eigenvalue weighted by molar-refractivity contribution is 0.928. The van der Waals surface area contributed by atoms with E-state index >= 15 is 0 Å². The van der Waals surface area contributed by atoms with Crippen molar-refractivity contribution >= 4 is 11.0 Å². The second-order valence-electron chi connectivity index (χ2n) is 4.68. The number of fused-ring (bicyclic) bond motifs is 1. The molecule has 0 amide bonds. The molecule has 17 heavy (non-hydrogen) atoms. The first-order chi connectivity index (χ1) is 8.42. The molecule has 1 aliphatic rings. The standard InChI is InChI=1S/C14H13N3/c1-2-14(10-3-4-10)17(7-1)11-5-6-12-13(8-11)16-9-15-12/h1-2,5-10H,3-4H2,(H,15,16). The molecule has 0 radical (unpaired) electrons. The molecule has 3 aromatic rings. The van der Waals surface area contributed by atoms with E-state index in [0.29, 0.717) is 0 Å². The molecule has 0 spiro atoms. The quantitative estimate of drug-likeness (QED) is 0.711. The van der Waals surface area contributed by atoms with E-state index < -0.39 is 0 Å². The van der Waals surface area contributed by atoms with Crippen LogP contribution in [-0.2, 0) is 0 Å². The van der Waals surface area contributed by atoms with Crippen molar-refractivity contribution in [3.63, 3.8) is 0 Å². The molecule has 1 saturated carbocycles. The van der Waals surface area contributed by atoms with Crippen molar-refractivity contribution in [2.45, 2.75) is 18.8 Å². The third-order valence-electron chi connectivity index (χ3n) is 3.46. The number of hydrogen-bond donors (Lipinski definition) is 1. The van der Waals surface area contributed by atoms with Crippen LogP contribution in [0.2, 0.25) is 0 Å².